The van der Waals surface area contributed by atoms with Gasteiger partial charge >= 0.3 is 19.8 Å². The number of aliphatic hydroxyl groups is 2. The Hall–Kier alpha value is -3.11. The standard InChI is InChI=1S/C43H69O10P/c1-3-5-7-9-11-12-13-14-15-16-17-18-19-20-21-23-29-35-43(47)53-41(38-52-54(48,49)50)37-51-42(46)36-30-34-40(45)33-28-25-24-27-32-39(44)31-26-22-10-8-6-4-2/h11-12,14-15,17-18,20-22,24-28,32-33,39-41,44-45H,3-10,13,16,19,23,29-31,34-38H2,1-2H3,(H2,48,49,50)/b12-11-,15-14-,18-17-,21-20-,25-24+,26-22-,32-27+,33-28-/t39-,40-,41-/m1/s1. The number of hydrogen-bond acceptors (Lipinski definition) is 8. The molecule has 0 aliphatic rings. The molecular formula is C43H69O10P. The Morgan fingerprint density at radius 1 is 0.593 bits per heavy atom. The number of phosphoric ester groups is 1. The van der Waals surface area contributed by atoms with E-state index in [-0.39, 0.29) is 12.8 Å². The maximum absolute atomic E-state index is 12.4. The van der Waals surface area contributed by atoms with Gasteiger partial charge in [0.15, 0.2) is 6.10 Å². The number of aliphatic hydroxyl groups excluding tert-OH is 2. The molecular weight excluding hydrogens is 707 g/mol. The largest absolute Gasteiger partial charge is 0.469 e. The van der Waals surface area contributed by atoms with Crippen molar-refractivity contribution < 1.29 is 48.2 Å². The number of phosphoric acid groups is 1. The highest BCUT2D eigenvalue weighted by Gasteiger charge is 2.23. The van der Waals surface area contributed by atoms with Crippen molar-refractivity contribution in [3.05, 3.63) is 97.2 Å². The lowest BCUT2D eigenvalue weighted by Gasteiger charge is -2.18. The molecule has 0 aromatic rings. The number of esters is 2. The van der Waals surface area contributed by atoms with Crippen LogP contribution in [0.1, 0.15) is 129 Å². The highest BCUT2D eigenvalue weighted by atomic mass is 31.2. The van der Waals surface area contributed by atoms with Crippen LogP contribution in [0.3, 0.4) is 0 Å². The van der Waals surface area contributed by atoms with Gasteiger partial charge in [-0.25, -0.2) is 4.57 Å². The van der Waals surface area contributed by atoms with Crippen LogP contribution in [0, 0.1) is 0 Å². The van der Waals surface area contributed by atoms with Crippen molar-refractivity contribution in [1.82, 2.24) is 0 Å². The number of ether oxygens (including phenoxy) is 2. The molecule has 11 heteroatoms. The van der Waals surface area contributed by atoms with E-state index in [1.54, 1.807) is 36.5 Å². The van der Waals surface area contributed by atoms with Crippen LogP contribution in [0.15, 0.2) is 97.2 Å². The van der Waals surface area contributed by atoms with E-state index in [0.29, 0.717) is 32.1 Å². The van der Waals surface area contributed by atoms with E-state index < -0.39 is 51.3 Å². The van der Waals surface area contributed by atoms with Gasteiger partial charge in [0.1, 0.15) is 6.61 Å². The Morgan fingerprint density at radius 3 is 1.65 bits per heavy atom. The SMILES string of the molecule is CCCCC/C=C\C/C=C\C/C=C\C/C=C\CCCC(=O)O[C@H](COC(=O)CCC[C@H](O)\C=C/C=C/C=C/[C@H](O)C/C=C\CCCCC)COP(=O)(O)O. The first-order valence-corrected chi connectivity index (χ1v) is 21.3. The van der Waals surface area contributed by atoms with E-state index in [0.717, 1.165) is 38.5 Å². The predicted octanol–water partition coefficient (Wildman–Crippen LogP) is 9.78. The fraction of sp³-hybridized carbons (Fsp3) is 0.581. The fourth-order valence-corrected chi connectivity index (χ4v) is 5.09. The lowest BCUT2D eigenvalue weighted by molar-refractivity contribution is -0.161. The number of carbonyl (C=O) groups is 2. The summed E-state index contributed by atoms with van der Waals surface area (Å²) in [6.45, 7) is 3.31. The average Bonchev–Trinajstić information content (AvgIpc) is 3.13. The zero-order chi connectivity index (χ0) is 40.0. The van der Waals surface area contributed by atoms with Crippen LogP contribution in [-0.4, -0.2) is 63.5 Å². The summed E-state index contributed by atoms with van der Waals surface area (Å²) in [7, 11) is -4.83. The molecule has 0 bridgehead atoms. The highest BCUT2D eigenvalue weighted by molar-refractivity contribution is 7.46. The maximum atomic E-state index is 12.4. The summed E-state index contributed by atoms with van der Waals surface area (Å²) in [6.07, 6.45) is 43.3. The molecule has 0 saturated carbocycles. The number of unbranched alkanes of at least 4 members (excludes halogenated alkanes) is 7. The van der Waals surface area contributed by atoms with Gasteiger partial charge in [-0.3, -0.25) is 14.1 Å². The first-order chi connectivity index (χ1) is 26.1. The van der Waals surface area contributed by atoms with Crippen LogP contribution < -0.4 is 0 Å². The summed E-state index contributed by atoms with van der Waals surface area (Å²) in [6, 6.07) is 0. The van der Waals surface area contributed by atoms with Gasteiger partial charge in [-0.2, -0.15) is 0 Å². The van der Waals surface area contributed by atoms with E-state index in [1.165, 1.54) is 32.1 Å². The molecule has 0 aliphatic carbocycles. The topological polar surface area (TPSA) is 160 Å². The average molecular weight is 777 g/mol. The number of hydrogen-bond donors (Lipinski definition) is 4. The van der Waals surface area contributed by atoms with E-state index in [9.17, 15) is 24.4 Å². The van der Waals surface area contributed by atoms with Crippen molar-refractivity contribution >= 4 is 19.8 Å². The zero-order valence-corrected chi connectivity index (χ0v) is 33.7. The predicted molar refractivity (Wildman–Crippen MR) is 218 cm³/mol. The molecule has 0 saturated heterocycles. The Bertz CT molecular complexity index is 1220. The van der Waals surface area contributed by atoms with Gasteiger partial charge in [-0.05, 0) is 77.0 Å². The Balaban J connectivity index is 4.34. The lowest BCUT2D eigenvalue weighted by atomic mass is 10.1. The fourth-order valence-electron chi connectivity index (χ4n) is 4.73. The first kappa shape index (κ1) is 50.9. The van der Waals surface area contributed by atoms with Crippen LogP contribution in [0.2, 0.25) is 0 Å². The van der Waals surface area contributed by atoms with Crippen molar-refractivity contribution in [3.63, 3.8) is 0 Å². The van der Waals surface area contributed by atoms with Gasteiger partial charge in [0, 0.05) is 12.8 Å². The minimum atomic E-state index is -4.83. The van der Waals surface area contributed by atoms with Crippen molar-refractivity contribution in [2.45, 2.75) is 148 Å². The number of rotatable bonds is 34. The Labute approximate surface area is 325 Å². The second-order valence-electron chi connectivity index (χ2n) is 12.9. The zero-order valence-electron chi connectivity index (χ0n) is 32.8. The third kappa shape index (κ3) is 38.6. The second-order valence-corrected chi connectivity index (χ2v) is 14.2. The molecule has 4 N–H and O–H groups in total. The normalized spacial score (nSPS) is 14.7. The van der Waals surface area contributed by atoms with Crippen molar-refractivity contribution in [1.29, 1.82) is 0 Å². The lowest BCUT2D eigenvalue weighted by Crippen LogP contribution is -2.29. The van der Waals surface area contributed by atoms with E-state index >= 15 is 0 Å². The van der Waals surface area contributed by atoms with E-state index in [4.69, 9.17) is 19.3 Å². The van der Waals surface area contributed by atoms with Crippen molar-refractivity contribution in [2.24, 2.45) is 0 Å². The molecule has 0 aromatic carbocycles. The Kier molecular flexibility index (Phi) is 34.7. The monoisotopic (exact) mass is 776 g/mol. The molecule has 306 valence electrons. The molecule has 0 fully saturated rings. The maximum Gasteiger partial charge on any atom is 0.469 e. The summed E-state index contributed by atoms with van der Waals surface area (Å²) >= 11 is 0. The number of carbonyl (C=O) groups excluding carboxylic acids is 2. The third-order valence-electron chi connectivity index (χ3n) is 7.77. The minimum absolute atomic E-state index is 0.0104. The molecule has 0 rings (SSSR count). The van der Waals surface area contributed by atoms with Crippen LogP contribution in [0.4, 0.5) is 0 Å². The smallest absolute Gasteiger partial charge is 0.462 e. The van der Waals surface area contributed by atoms with Crippen LogP contribution in [0.25, 0.3) is 0 Å². The van der Waals surface area contributed by atoms with E-state index in [2.05, 4.69) is 60.9 Å². The Morgan fingerprint density at radius 2 is 1.09 bits per heavy atom. The molecule has 3 atom stereocenters. The van der Waals surface area contributed by atoms with Crippen molar-refractivity contribution in [2.75, 3.05) is 13.2 Å². The molecule has 0 aliphatic heterocycles. The van der Waals surface area contributed by atoms with Crippen LogP contribution in [-0.2, 0) is 28.2 Å². The van der Waals surface area contributed by atoms with Gasteiger partial charge in [0.05, 0.1) is 18.8 Å². The second kappa shape index (κ2) is 36.8. The quantitative estimate of drug-likeness (QED) is 0.0163. The third-order valence-corrected chi connectivity index (χ3v) is 8.25. The van der Waals surface area contributed by atoms with Crippen LogP contribution >= 0.6 is 7.82 Å². The van der Waals surface area contributed by atoms with Crippen LogP contribution in [0.5, 0.6) is 0 Å². The summed E-state index contributed by atoms with van der Waals surface area (Å²) < 4.78 is 26.1. The molecule has 0 unspecified atom stereocenters. The number of allylic oxidation sites excluding steroid dienone is 13. The molecule has 0 spiro atoms. The van der Waals surface area contributed by atoms with Gasteiger partial charge in [0.2, 0.25) is 0 Å². The summed E-state index contributed by atoms with van der Waals surface area (Å²) in [5.74, 6) is -1.20. The summed E-state index contributed by atoms with van der Waals surface area (Å²) in [4.78, 5) is 42.8. The molecule has 0 radical (unpaired) electrons. The summed E-state index contributed by atoms with van der Waals surface area (Å²) in [5, 5.41) is 20.1. The van der Waals surface area contributed by atoms with Gasteiger partial charge in [-0.1, -0.05) is 137 Å². The first-order valence-electron chi connectivity index (χ1n) is 19.7. The molecule has 0 aromatic heterocycles. The van der Waals surface area contributed by atoms with E-state index in [1.807, 2.05) is 18.2 Å². The highest BCUT2D eigenvalue weighted by Crippen LogP contribution is 2.36. The summed E-state index contributed by atoms with van der Waals surface area (Å²) in [5.41, 5.74) is 0. The molecule has 54 heavy (non-hydrogen) atoms. The minimum Gasteiger partial charge on any atom is -0.462 e. The van der Waals surface area contributed by atoms with Gasteiger partial charge < -0.3 is 29.5 Å². The van der Waals surface area contributed by atoms with Gasteiger partial charge in [-0.15, -0.1) is 0 Å². The molecule has 0 heterocycles. The molecule has 0 amide bonds. The van der Waals surface area contributed by atoms with Gasteiger partial charge in [0.25, 0.3) is 0 Å². The molecule has 10 nitrogen and oxygen atoms in total. The van der Waals surface area contributed by atoms with Crippen molar-refractivity contribution in [3.8, 4) is 0 Å².